The molecule has 64 valence electrons. The number of hydrogen-bond acceptors (Lipinski definition) is 1. The van der Waals surface area contributed by atoms with Gasteiger partial charge in [0.2, 0.25) is 6.20 Å². The maximum atomic E-state index is 5.30. The topological polar surface area (TPSA) is 17.0 Å². The standard InChI is InChI=1S/C8H14NO.HI/c1-3-4-6-9-7-5-8(2)10-9;/h5,7H,3-4,6H2,1-2H3;1H/q+1;/p-1. The number of unbranched alkanes of at least 4 members (excludes halogenated alkanes) is 1. The van der Waals surface area contributed by atoms with Gasteiger partial charge in [-0.05, 0) is 11.2 Å². The van der Waals surface area contributed by atoms with Crippen LogP contribution in [0.15, 0.2) is 16.8 Å². The summed E-state index contributed by atoms with van der Waals surface area (Å²) in [4.78, 5) is 0. The van der Waals surface area contributed by atoms with E-state index in [9.17, 15) is 0 Å². The molecule has 1 heterocycles. The highest BCUT2D eigenvalue weighted by molar-refractivity contribution is 4.84. The first kappa shape index (κ1) is 10.9. The summed E-state index contributed by atoms with van der Waals surface area (Å²) in [5.74, 6) is 0.983. The first-order valence-corrected chi connectivity index (χ1v) is 3.79. The van der Waals surface area contributed by atoms with Gasteiger partial charge in [0, 0.05) is 13.3 Å². The van der Waals surface area contributed by atoms with E-state index in [4.69, 9.17) is 4.52 Å². The molecule has 0 N–H and O–H groups in total. The molecule has 0 unspecified atom stereocenters. The Labute approximate surface area is 84.6 Å². The van der Waals surface area contributed by atoms with Gasteiger partial charge in [0.25, 0.3) is 0 Å². The predicted molar refractivity (Wildman–Crippen MR) is 38.5 cm³/mol. The molecule has 2 nitrogen and oxygen atoms in total. The van der Waals surface area contributed by atoms with Crippen LogP contribution in [0.2, 0.25) is 0 Å². The molecule has 0 atom stereocenters. The lowest BCUT2D eigenvalue weighted by Crippen LogP contribution is -3.00. The second-order valence-electron chi connectivity index (χ2n) is 2.51. The van der Waals surface area contributed by atoms with Crippen molar-refractivity contribution in [1.29, 1.82) is 0 Å². The Balaban J connectivity index is 0.000001000. The van der Waals surface area contributed by atoms with Crippen molar-refractivity contribution >= 4 is 0 Å². The molecule has 1 rings (SSSR count). The van der Waals surface area contributed by atoms with Crippen molar-refractivity contribution in [2.45, 2.75) is 33.2 Å². The molecule has 0 saturated carbocycles. The Morgan fingerprint density at radius 1 is 1.55 bits per heavy atom. The molecule has 3 heteroatoms. The Bertz CT molecular complexity index is 198. The van der Waals surface area contributed by atoms with E-state index in [0.717, 1.165) is 12.3 Å². The number of rotatable bonds is 3. The largest absolute Gasteiger partial charge is 1.00 e. The van der Waals surface area contributed by atoms with Crippen molar-refractivity contribution < 1.29 is 33.2 Å². The van der Waals surface area contributed by atoms with Gasteiger partial charge in [-0.3, -0.25) is 0 Å². The van der Waals surface area contributed by atoms with Gasteiger partial charge in [-0.2, -0.15) is 0 Å². The molecule has 0 radical (unpaired) electrons. The second kappa shape index (κ2) is 5.57. The number of aryl methyl sites for hydroxylation is 2. The Hall–Kier alpha value is -0.0600. The second-order valence-corrected chi connectivity index (χ2v) is 2.51. The highest BCUT2D eigenvalue weighted by Gasteiger charge is 2.02. The zero-order valence-corrected chi connectivity index (χ0v) is 9.17. The molecular weight excluding hydrogens is 253 g/mol. The summed E-state index contributed by atoms with van der Waals surface area (Å²) in [6, 6.07) is 1.98. The van der Waals surface area contributed by atoms with E-state index in [2.05, 4.69) is 6.92 Å². The maximum absolute atomic E-state index is 5.30. The number of halogens is 1. The lowest BCUT2D eigenvalue weighted by atomic mass is 10.3. The normalized spacial score (nSPS) is 9.27. The minimum atomic E-state index is 0. The summed E-state index contributed by atoms with van der Waals surface area (Å²) in [5, 5.41) is 0. The third-order valence-corrected chi connectivity index (χ3v) is 1.47. The maximum Gasteiger partial charge on any atom is 0.219 e. The molecule has 1 aromatic heterocycles. The lowest BCUT2D eigenvalue weighted by molar-refractivity contribution is -0.864. The van der Waals surface area contributed by atoms with Crippen molar-refractivity contribution in [3.8, 4) is 0 Å². The number of nitrogens with zero attached hydrogens (tertiary/aromatic N) is 1. The SMILES string of the molecule is CCCC[n+]1ccc(C)o1.[I-]. The van der Waals surface area contributed by atoms with Gasteiger partial charge in [-0.25, -0.2) is 4.52 Å². The van der Waals surface area contributed by atoms with E-state index in [1.165, 1.54) is 12.8 Å². The highest BCUT2D eigenvalue weighted by Crippen LogP contribution is 1.92. The fraction of sp³-hybridized carbons (Fsp3) is 0.625. The van der Waals surface area contributed by atoms with Crippen molar-refractivity contribution in [3.63, 3.8) is 0 Å². The van der Waals surface area contributed by atoms with Crippen LogP contribution in [-0.4, -0.2) is 0 Å². The molecule has 0 fully saturated rings. The van der Waals surface area contributed by atoms with E-state index >= 15 is 0 Å². The van der Waals surface area contributed by atoms with Crippen molar-refractivity contribution in [2.75, 3.05) is 0 Å². The van der Waals surface area contributed by atoms with E-state index < -0.39 is 0 Å². The molecule has 0 aliphatic rings. The molecule has 0 aliphatic heterocycles. The Morgan fingerprint density at radius 3 is 2.73 bits per heavy atom. The molecule has 0 spiro atoms. The number of hydrogen-bond donors (Lipinski definition) is 0. The molecule has 0 aromatic carbocycles. The van der Waals surface area contributed by atoms with E-state index in [-0.39, 0.29) is 24.0 Å². The van der Waals surface area contributed by atoms with Crippen LogP contribution in [0.1, 0.15) is 25.5 Å². The quantitative estimate of drug-likeness (QED) is 0.490. The van der Waals surface area contributed by atoms with Crippen LogP contribution in [0.3, 0.4) is 0 Å². The van der Waals surface area contributed by atoms with Gasteiger partial charge >= 0.3 is 0 Å². The van der Waals surface area contributed by atoms with Crippen LogP contribution in [0.4, 0.5) is 0 Å². The zero-order valence-electron chi connectivity index (χ0n) is 7.01. The van der Waals surface area contributed by atoms with Crippen LogP contribution in [0.25, 0.3) is 0 Å². The van der Waals surface area contributed by atoms with Crippen molar-refractivity contribution in [2.24, 2.45) is 0 Å². The predicted octanol–water partition coefficient (Wildman–Crippen LogP) is -1.32. The average Bonchev–Trinajstić information content (AvgIpc) is 2.31. The van der Waals surface area contributed by atoms with Gasteiger partial charge in [0.05, 0.1) is 6.07 Å². The third-order valence-electron chi connectivity index (χ3n) is 1.47. The van der Waals surface area contributed by atoms with Gasteiger partial charge in [0.1, 0.15) is 0 Å². The Kier molecular flexibility index (Phi) is 5.54. The van der Waals surface area contributed by atoms with Crippen LogP contribution < -0.4 is 28.7 Å². The monoisotopic (exact) mass is 267 g/mol. The van der Waals surface area contributed by atoms with Gasteiger partial charge in [-0.15, -0.1) is 0 Å². The molecule has 0 amide bonds. The van der Waals surface area contributed by atoms with Crippen LogP contribution >= 0.6 is 0 Å². The molecule has 0 aliphatic carbocycles. The van der Waals surface area contributed by atoms with Gasteiger partial charge in [-0.1, -0.05) is 6.92 Å². The summed E-state index contributed by atoms with van der Waals surface area (Å²) in [6.07, 6.45) is 4.38. The Morgan fingerprint density at radius 2 is 2.27 bits per heavy atom. The highest BCUT2D eigenvalue weighted by atomic mass is 127. The van der Waals surface area contributed by atoms with Crippen LogP contribution in [0.5, 0.6) is 0 Å². The molecule has 0 saturated heterocycles. The first-order valence-electron chi connectivity index (χ1n) is 3.79. The smallest absolute Gasteiger partial charge is 0.219 e. The summed E-state index contributed by atoms with van der Waals surface area (Å²) in [7, 11) is 0. The van der Waals surface area contributed by atoms with Gasteiger partial charge < -0.3 is 24.0 Å². The minimum absolute atomic E-state index is 0. The summed E-state index contributed by atoms with van der Waals surface area (Å²) in [5.41, 5.74) is 0. The fourth-order valence-electron chi connectivity index (χ4n) is 0.868. The van der Waals surface area contributed by atoms with E-state index in [1.54, 1.807) is 0 Å². The molecule has 11 heavy (non-hydrogen) atoms. The van der Waals surface area contributed by atoms with E-state index in [1.807, 2.05) is 23.9 Å². The summed E-state index contributed by atoms with van der Waals surface area (Å²) < 4.78 is 7.18. The molecule has 1 aromatic rings. The summed E-state index contributed by atoms with van der Waals surface area (Å²) >= 11 is 0. The third kappa shape index (κ3) is 3.74. The van der Waals surface area contributed by atoms with E-state index in [0.29, 0.717) is 0 Å². The summed E-state index contributed by atoms with van der Waals surface area (Å²) in [6.45, 7) is 5.14. The zero-order chi connectivity index (χ0) is 7.40. The molecular formula is C8H14INO. The lowest BCUT2D eigenvalue weighted by Gasteiger charge is -1.84. The van der Waals surface area contributed by atoms with Gasteiger partial charge in [0.15, 0.2) is 12.3 Å². The molecule has 0 bridgehead atoms. The van der Waals surface area contributed by atoms with Crippen molar-refractivity contribution in [3.05, 3.63) is 18.0 Å². The van der Waals surface area contributed by atoms with Crippen LogP contribution in [-0.2, 0) is 6.54 Å². The first-order chi connectivity index (χ1) is 4.83. The van der Waals surface area contributed by atoms with Crippen LogP contribution in [0, 0.1) is 6.92 Å². The fourth-order valence-corrected chi connectivity index (χ4v) is 0.868. The van der Waals surface area contributed by atoms with Crippen molar-refractivity contribution in [1.82, 2.24) is 0 Å². The minimum Gasteiger partial charge on any atom is -1.00 e. The average molecular weight is 267 g/mol. The number of aromatic nitrogens is 1.